The van der Waals surface area contributed by atoms with Gasteiger partial charge < -0.3 is 10.6 Å². The van der Waals surface area contributed by atoms with Crippen LogP contribution in [0.3, 0.4) is 0 Å². The first-order valence-electron chi connectivity index (χ1n) is 8.07. The van der Waals surface area contributed by atoms with Crippen molar-refractivity contribution in [1.29, 1.82) is 0 Å². The Labute approximate surface area is 146 Å². The van der Waals surface area contributed by atoms with E-state index in [1.807, 2.05) is 48.5 Å². The highest BCUT2D eigenvalue weighted by atomic mass is 32.2. The lowest BCUT2D eigenvalue weighted by molar-refractivity contribution is -0.124. The average molecular weight is 340 g/mol. The van der Waals surface area contributed by atoms with Gasteiger partial charge in [0.2, 0.25) is 11.8 Å². The zero-order valence-electron chi connectivity index (χ0n) is 13.5. The molecule has 5 heteroatoms. The minimum absolute atomic E-state index is 0.0927. The molecule has 0 radical (unpaired) electrons. The summed E-state index contributed by atoms with van der Waals surface area (Å²) in [5.41, 5.74) is 2.78. The maximum Gasteiger partial charge on any atom is 0.228 e. The Morgan fingerprint density at radius 1 is 1.25 bits per heavy atom. The lowest BCUT2D eigenvalue weighted by atomic mass is 10.1. The summed E-state index contributed by atoms with van der Waals surface area (Å²) in [4.78, 5) is 25.7. The van der Waals surface area contributed by atoms with Gasteiger partial charge in [-0.25, -0.2) is 0 Å². The molecule has 0 bridgehead atoms. The van der Waals surface area contributed by atoms with Gasteiger partial charge in [0, 0.05) is 22.8 Å². The normalized spacial score (nSPS) is 16.7. The Hall–Kier alpha value is -2.27. The van der Waals surface area contributed by atoms with Crippen LogP contribution in [-0.4, -0.2) is 17.6 Å². The van der Waals surface area contributed by atoms with Gasteiger partial charge in [0.1, 0.15) is 0 Å². The second kappa shape index (κ2) is 7.53. The first-order chi connectivity index (χ1) is 11.7. The van der Waals surface area contributed by atoms with Crippen LogP contribution in [0.5, 0.6) is 0 Å². The quantitative estimate of drug-likeness (QED) is 0.886. The van der Waals surface area contributed by atoms with E-state index in [9.17, 15) is 9.59 Å². The van der Waals surface area contributed by atoms with Crippen molar-refractivity contribution < 1.29 is 9.59 Å². The summed E-state index contributed by atoms with van der Waals surface area (Å²) in [5, 5.41) is 5.82. The molecule has 1 aliphatic heterocycles. The highest BCUT2D eigenvalue weighted by Crippen LogP contribution is 2.33. The number of fused-ring (bicyclic) bond motifs is 1. The molecule has 0 fully saturated rings. The number of amides is 2. The molecule has 1 atom stereocenters. The fourth-order valence-corrected chi connectivity index (χ4v) is 3.75. The van der Waals surface area contributed by atoms with E-state index >= 15 is 0 Å². The van der Waals surface area contributed by atoms with E-state index in [0.717, 1.165) is 22.7 Å². The highest BCUT2D eigenvalue weighted by Gasteiger charge is 2.26. The summed E-state index contributed by atoms with van der Waals surface area (Å²) in [7, 11) is 0. The molecule has 4 nitrogen and oxygen atoms in total. The van der Waals surface area contributed by atoms with Gasteiger partial charge in [-0.3, -0.25) is 9.59 Å². The van der Waals surface area contributed by atoms with Crippen molar-refractivity contribution in [2.45, 2.75) is 24.7 Å². The Balaban J connectivity index is 1.63. The van der Waals surface area contributed by atoms with Crippen molar-refractivity contribution in [2.75, 3.05) is 16.4 Å². The summed E-state index contributed by atoms with van der Waals surface area (Å²) in [6.07, 6.45) is 1.10. The van der Waals surface area contributed by atoms with Crippen molar-refractivity contribution in [3.05, 3.63) is 54.1 Å². The molecule has 0 spiro atoms. The molecule has 0 saturated carbocycles. The number of carbonyl (C=O) groups is 2. The molecule has 3 rings (SSSR count). The molecule has 24 heavy (non-hydrogen) atoms. The van der Waals surface area contributed by atoms with Gasteiger partial charge in [-0.05, 0) is 36.2 Å². The predicted molar refractivity (Wildman–Crippen MR) is 98.4 cm³/mol. The van der Waals surface area contributed by atoms with Gasteiger partial charge in [-0.15, -0.1) is 11.8 Å². The van der Waals surface area contributed by atoms with Crippen molar-refractivity contribution in [3.63, 3.8) is 0 Å². The number of thioether (sulfide) groups is 1. The number of hydrogen-bond donors (Lipinski definition) is 2. The van der Waals surface area contributed by atoms with Gasteiger partial charge in [0.05, 0.1) is 11.6 Å². The van der Waals surface area contributed by atoms with Crippen molar-refractivity contribution in [1.82, 2.24) is 0 Å². The topological polar surface area (TPSA) is 58.2 Å². The Bertz CT molecular complexity index is 761. The number of anilines is 2. The van der Waals surface area contributed by atoms with Gasteiger partial charge in [0.25, 0.3) is 0 Å². The fourth-order valence-electron chi connectivity index (χ4n) is 2.65. The Morgan fingerprint density at radius 3 is 2.92 bits per heavy atom. The van der Waals surface area contributed by atoms with Gasteiger partial charge >= 0.3 is 0 Å². The van der Waals surface area contributed by atoms with Crippen molar-refractivity contribution >= 4 is 35.0 Å². The number of rotatable bonds is 4. The lowest BCUT2D eigenvalue weighted by Gasteiger charge is -2.13. The number of benzene rings is 2. The summed E-state index contributed by atoms with van der Waals surface area (Å²) < 4.78 is 0. The minimum atomic E-state index is -0.336. The zero-order valence-corrected chi connectivity index (χ0v) is 14.4. The van der Waals surface area contributed by atoms with Crippen LogP contribution in [0.25, 0.3) is 0 Å². The molecule has 1 heterocycles. The predicted octanol–water partition coefficient (Wildman–Crippen LogP) is 3.94. The summed E-state index contributed by atoms with van der Waals surface area (Å²) in [6.45, 7) is 2.08. The minimum Gasteiger partial charge on any atom is -0.326 e. The van der Waals surface area contributed by atoms with Crippen molar-refractivity contribution in [2.24, 2.45) is 5.92 Å². The van der Waals surface area contributed by atoms with E-state index in [-0.39, 0.29) is 24.2 Å². The molecule has 0 aromatic heterocycles. The second-order valence-corrected chi connectivity index (χ2v) is 6.86. The van der Waals surface area contributed by atoms with E-state index in [4.69, 9.17) is 0 Å². The molecule has 0 saturated heterocycles. The Morgan fingerprint density at radius 2 is 2.08 bits per heavy atom. The van der Waals surface area contributed by atoms with E-state index in [1.54, 1.807) is 11.8 Å². The third-order valence-corrected chi connectivity index (χ3v) is 5.24. The summed E-state index contributed by atoms with van der Waals surface area (Å²) in [5.74, 6) is 0.0438. The number of aryl methyl sites for hydroxylation is 1. The molecule has 0 aliphatic carbocycles. The SMILES string of the molecule is CCc1cccc(NC(=O)CC2CSc3ccccc3NC2=O)c1. The van der Waals surface area contributed by atoms with E-state index in [0.29, 0.717) is 5.75 Å². The van der Waals surface area contributed by atoms with Gasteiger partial charge in [-0.1, -0.05) is 31.2 Å². The Kier molecular flexibility index (Phi) is 5.20. The molecule has 2 aromatic carbocycles. The van der Waals surface area contributed by atoms with Gasteiger partial charge in [0.15, 0.2) is 0 Å². The van der Waals surface area contributed by atoms with E-state index in [1.165, 1.54) is 5.56 Å². The number of nitrogens with one attached hydrogen (secondary N) is 2. The number of para-hydroxylation sites is 1. The molecule has 124 valence electrons. The van der Waals surface area contributed by atoms with Crippen LogP contribution in [0.15, 0.2) is 53.4 Å². The van der Waals surface area contributed by atoms with Crippen LogP contribution < -0.4 is 10.6 Å². The van der Waals surface area contributed by atoms with Crippen LogP contribution >= 0.6 is 11.8 Å². The summed E-state index contributed by atoms with van der Waals surface area (Å²) >= 11 is 1.61. The average Bonchev–Trinajstić information content (AvgIpc) is 2.74. The maximum absolute atomic E-state index is 12.4. The number of hydrogen-bond acceptors (Lipinski definition) is 3. The largest absolute Gasteiger partial charge is 0.326 e. The lowest BCUT2D eigenvalue weighted by Crippen LogP contribution is -2.28. The molecular formula is C19H20N2O2S. The van der Waals surface area contributed by atoms with Crippen LogP contribution in [0.4, 0.5) is 11.4 Å². The van der Waals surface area contributed by atoms with Crippen LogP contribution in [0.2, 0.25) is 0 Å². The summed E-state index contributed by atoms with van der Waals surface area (Å²) in [6, 6.07) is 15.5. The highest BCUT2D eigenvalue weighted by molar-refractivity contribution is 7.99. The molecule has 1 unspecified atom stereocenters. The molecule has 1 aliphatic rings. The smallest absolute Gasteiger partial charge is 0.228 e. The zero-order chi connectivity index (χ0) is 16.9. The van der Waals surface area contributed by atoms with Crippen molar-refractivity contribution in [3.8, 4) is 0 Å². The second-order valence-electron chi connectivity index (χ2n) is 5.80. The fraction of sp³-hybridized carbons (Fsp3) is 0.263. The maximum atomic E-state index is 12.4. The third kappa shape index (κ3) is 3.97. The first kappa shape index (κ1) is 16.6. The number of carbonyl (C=O) groups excluding carboxylic acids is 2. The van der Waals surface area contributed by atoms with Gasteiger partial charge in [-0.2, -0.15) is 0 Å². The van der Waals surface area contributed by atoms with Crippen LogP contribution in [-0.2, 0) is 16.0 Å². The standard InChI is InChI=1S/C19H20N2O2S/c1-2-13-6-5-7-15(10-13)20-18(22)11-14-12-24-17-9-4-3-8-16(17)21-19(14)23/h3-10,14H,2,11-12H2,1H3,(H,20,22)(H,21,23). The molecule has 2 aromatic rings. The monoisotopic (exact) mass is 340 g/mol. The van der Waals surface area contributed by atoms with Crippen LogP contribution in [0, 0.1) is 5.92 Å². The van der Waals surface area contributed by atoms with E-state index in [2.05, 4.69) is 17.6 Å². The van der Waals surface area contributed by atoms with Crippen LogP contribution in [0.1, 0.15) is 18.9 Å². The molecule has 2 amide bonds. The molecule has 2 N–H and O–H groups in total. The first-order valence-corrected chi connectivity index (χ1v) is 9.05. The third-order valence-electron chi connectivity index (χ3n) is 4.01. The van der Waals surface area contributed by atoms with E-state index < -0.39 is 0 Å². The molecular weight excluding hydrogens is 320 g/mol.